The van der Waals surface area contributed by atoms with Crippen LogP contribution in [-0.2, 0) is 0 Å². The van der Waals surface area contributed by atoms with Crippen LogP contribution in [-0.4, -0.2) is 26.4 Å². The molecule has 0 amide bonds. The van der Waals surface area contributed by atoms with Crippen LogP contribution in [0.4, 0.5) is 5.95 Å². The Bertz CT molecular complexity index is 1050. The Morgan fingerprint density at radius 1 is 1.21 bits per heavy atom. The third kappa shape index (κ3) is 2.74. The molecule has 2 N–H and O–H groups in total. The molecule has 4 aromatic rings. The van der Waals surface area contributed by atoms with Gasteiger partial charge in [0.15, 0.2) is 5.65 Å². The van der Waals surface area contributed by atoms with Crippen LogP contribution in [0.3, 0.4) is 0 Å². The third-order valence-corrected chi connectivity index (χ3v) is 3.47. The molecule has 0 aliphatic heterocycles. The number of allylic oxidation sites excluding steroid dienone is 1. The van der Waals surface area contributed by atoms with Crippen LogP contribution in [0.1, 0.15) is 12.7 Å². The smallest absolute Gasteiger partial charge is 0.265 e. The molecule has 4 rings (SSSR count). The number of fused-ring (bicyclic) bond motifs is 3. The van der Waals surface area contributed by atoms with Crippen LogP contribution in [0.15, 0.2) is 57.8 Å². The van der Waals surface area contributed by atoms with Gasteiger partial charge in [0.05, 0.1) is 12.5 Å². The quantitative estimate of drug-likeness (QED) is 0.443. The predicted octanol–water partition coefficient (Wildman–Crippen LogP) is 3.60. The Labute approximate surface area is 137 Å². The molecule has 0 bridgehead atoms. The minimum Gasteiger partial charge on any atom is -0.465 e. The van der Waals surface area contributed by atoms with Crippen LogP contribution in [0.25, 0.3) is 28.1 Å². The van der Waals surface area contributed by atoms with E-state index in [9.17, 15) is 0 Å². The van der Waals surface area contributed by atoms with Gasteiger partial charge in [0.1, 0.15) is 11.3 Å². The summed E-state index contributed by atoms with van der Waals surface area (Å²) >= 11 is 0. The lowest BCUT2D eigenvalue weighted by Gasteiger charge is -1.97. The molecule has 0 spiro atoms. The number of rotatable bonds is 4. The maximum atomic E-state index is 5.25. The molecular weight excluding hydrogens is 304 g/mol. The lowest BCUT2D eigenvalue weighted by atomic mass is 10.2. The van der Waals surface area contributed by atoms with Crippen molar-refractivity contribution in [3.63, 3.8) is 0 Å². The monoisotopic (exact) mass is 318 g/mol. The molecule has 0 atom stereocenters. The lowest BCUT2D eigenvalue weighted by Crippen LogP contribution is -1.98. The van der Waals surface area contributed by atoms with E-state index in [-0.39, 0.29) is 0 Å². The standard InChI is InChI=1S/C17H14N6O/c1-11(9-12-5-4-8-24-12)10-18-22-17-20-16-15(21-23-17)13-6-2-3-7-14(13)19-16/h2-10H,1H3,(H2,19,20,22,23)/b11-9+,18-10?. The lowest BCUT2D eigenvalue weighted by molar-refractivity contribution is 0.557. The first-order valence-corrected chi connectivity index (χ1v) is 7.41. The van der Waals surface area contributed by atoms with Crippen molar-refractivity contribution in [1.82, 2.24) is 20.2 Å². The molecule has 0 aliphatic carbocycles. The van der Waals surface area contributed by atoms with Crippen molar-refractivity contribution in [2.75, 3.05) is 5.43 Å². The number of hydrogen-bond acceptors (Lipinski definition) is 6. The molecule has 3 heterocycles. The van der Waals surface area contributed by atoms with Crippen LogP contribution in [0.2, 0.25) is 0 Å². The van der Waals surface area contributed by atoms with E-state index in [1.54, 1.807) is 12.5 Å². The summed E-state index contributed by atoms with van der Waals surface area (Å²) in [5, 5.41) is 13.4. The van der Waals surface area contributed by atoms with E-state index < -0.39 is 0 Å². The predicted molar refractivity (Wildman–Crippen MR) is 93.7 cm³/mol. The van der Waals surface area contributed by atoms with Crippen molar-refractivity contribution in [1.29, 1.82) is 0 Å². The van der Waals surface area contributed by atoms with Crippen molar-refractivity contribution >= 4 is 40.3 Å². The van der Waals surface area contributed by atoms with Gasteiger partial charge >= 0.3 is 0 Å². The van der Waals surface area contributed by atoms with Gasteiger partial charge in [-0.05, 0) is 36.8 Å². The summed E-state index contributed by atoms with van der Waals surface area (Å²) in [6.45, 7) is 1.92. The van der Waals surface area contributed by atoms with E-state index in [4.69, 9.17) is 4.42 Å². The normalized spacial score (nSPS) is 12.5. The molecule has 0 radical (unpaired) electrons. The van der Waals surface area contributed by atoms with Gasteiger partial charge < -0.3 is 9.40 Å². The Kier molecular flexibility index (Phi) is 3.51. The Morgan fingerprint density at radius 3 is 3.00 bits per heavy atom. The van der Waals surface area contributed by atoms with Gasteiger partial charge in [-0.15, -0.1) is 10.2 Å². The second-order valence-corrected chi connectivity index (χ2v) is 5.28. The largest absolute Gasteiger partial charge is 0.465 e. The molecule has 118 valence electrons. The van der Waals surface area contributed by atoms with E-state index >= 15 is 0 Å². The fourth-order valence-electron chi connectivity index (χ4n) is 2.39. The topological polar surface area (TPSA) is 92.0 Å². The molecule has 24 heavy (non-hydrogen) atoms. The number of hydrogen-bond donors (Lipinski definition) is 2. The third-order valence-electron chi connectivity index (χ3n) is 3.47. The molecule has 3 aromatic heterocycles. The number of para-hydroxylation sites is 1. The highest BCUT2D eigenvalue weighted by molar-refractivity contribution is 6.03. The number of hydrazone groups is 1. The van der Waals surface area contributed by atoms with Crippen LogP contribution in [0.5, 0.6) is 0 Å². The minimum atomic E-state index is 0.330. The summed E-state index contributed by atoms with van der Waals surface area (Å²) < 4.78 is 5.25. The van der Waals surface area contributed by atoms with E-state index in [0.717, 1.165) is 27.8 Å². The van der Waals surface area contributed by atoms with Gasteiger partial charge in [0, 0.05) is 10.9 Å². The van der Waals surface area contributed by atoms with Gasteiger partial charge in [-0.25, -0.2) is 5.43 Å². The van der Waals surface area contributed by atoms with E-state index in [2.05, 4.69) is 30.7 Å². The summed E-state index contributed by atoms with van der Waals surface area (Å²) in [7, 11) is 0. The average molecular weight is 318 g/mol. The number of furan rings is 1. The maximum Gasteiger partial charge on any atom is 0.265 e. The molecule has 0 saturated carbocycles. The molecule has 0 unspecified atom stereocenters. The first-order chi connectivity index (χ1) is 11.8. The number of H-pyrrole nitrogens is 1. The SMILES string of the molecule is C/C(C=NNc1nnc2c(n1)[nH]c1ccccc12)=C\c1ccco1. The molecule has 0 saturated heterocycles. The van der Waals surface area contributed by atoms with Crippen LogP contribution >= 0.6 is 0 Å². The molecule has 0 fully saturated rings. The number of benzene rings is 1. The molecular formula is C17H14N6O. The Morgan fingerprint density at radius 2 is 2.12 bits per heavy atom. The zero-order chi connectivity index (χ0) is 16.4. The molecule has 1 aromatic carbocycles. The number of aromatic nitrogens is 4. The van der Waals surface area contributed by atoms with E-state index in [1.807, 2.05) is 49.4 Å². The first kappa shape index (κ1) is 14.1. The van der Waals surface area contributed by atoms with E-state index in [1.165, 1.54) is 0 Å². The zero-order valence-electron chi connectivity index (χ0n) is 12.9. The van der Waals surface area contributed by atoms with Gasteiger partial charge in [-0.1, -0.05) is 18.2 Å². The average Bonchev–Trinajstić information content (AvgIpc) is 3.21. The summed E-state index contributed by atoms with van der Waals surface area (Å²) in [5.41, 5.74) is 6.11. The summed E-state index contributed by atoms with van der Waals surface area (Å²) in [6.07, 6.45) is 5.18. The van der Waals surface area contributed by atoms with Gasteiger partial charge in [0.2, 0.25) is 0 Å². The number of nitrogens with zero attached hydrogens (tertiary/aromatic N) is 4. The van der Waals surface area contributed by atoms with Crippen molar-refractivity contribution in [2.45, 2.75) is 6.92 Å². The fraction of sp³-hybridized carbons (Fsp3) is 0.0588. The molecule has 7 nitrogen and oxygen atoms in total. The van der Waals surface area contributed by atoms with Crippen LogP contribution in [0, 0.1) is 0 Å². The van der Waals surface area contributed by atoms with Crippen molar-refractivity contribution in [3.8, 4) is 0 Å². The van der Waals surface area contributed by atoms with Crippen molar-refractivity contribution in [3.05, 3.63) is 54.0 Å². The summed E-state index contributed by atoms with van der Waals surface area (Å²) in [5.74, 6) is 1.10. The second-order valence-electron chi connectivity index (χ2n) is 5.28. The number of anilines is 1. The maximum absolute atomic E-state index is 5.25. The Hall–Kier alpha value is -3.48. The van der Waals surface area contributed by atoms with Gasteiger partial charge in [-0.2, -0.15) is 10.1 Å². The molecule has 7 heteroatoms. The minimum absolute atomic E-state index is 0.330. The van der Waals surface area contributed by atoms with E-state index in [0.29, 0.717) is 11.6 Å². The Balaban J connectivity index is 1.54. The highest BCUT2D eigenvalue weighted by Crippen LogP contribution is 2.21. The van der Waals surface area contributed by atoms with Crippen molar-refractivity contribution < 1.29 is 4.42 Å². The van der Waals surface area contributed by atoms with Crippen LogP contribution < -0.4 is 5.43 Å². The van der Waals surface area contributed by atoms with Gasteiger partial charge in [0.25, 0.3) is 5.95 Å². The summed E-state index contributed by atoms with van der Waals surface area (Å²) in [4.78, 5) is 7.61. The highest BCUT2D eigenvalue weighted by Gasteiger charge is 2.07. The highest BCUT2D eigenvalue weighted by atomic mass is 16.3. The summed E-state index contributed by atoms with van der Waals surface area (Å²) in [6, 6.07) is 11.6. The van der Waals surface area contributed by atoms with Crippen molar-refractivity contribution in [2.24, 2.45) is 5.10 Å². The fourth-order valence-corrected chi connectivity index (χ4v) is 2.39. The molecule has 0 aliphatic rings. The first-order valence-electron chi connectivity index (χ1n) is 7.41. The zero-order valence-corrected chi connectivity index (χ0v) is 12.9. The van der Waals surface area contributed by atoms with Gasteiger partial charge in [-0.3, -0.25) is 0 Å². The second kappa shape index (κ2) is 5.96. The number of nitrogens with one attached hydrogen (secondary N) is 2. The number of aromatic amines is 1.